The van der Waals surface area contributed by atoms with Gasteiger partial charge >= 0.3 is 11.9 Å². The molecule has 8 heteroatoms. The quantitative estimate of drug-likeness (QED) is 0.617. The molecule has 0 amide bonds. The first-order valence-corrected chi connectivity index (χ1v) is 6.92. The number of nitrogens with zero attached hydrogens (tertiary/aromatic N) is 3. The Hall–Kier alpha value is -2.25. The number of nitrogens with one attached hydrogen (secondary N) is 1. The summed E-state index contributed by atoms with van der Waals surface area (Å²) in [6, 6.07) is 0. The summed E-state index contributed by atoms with van der Waals surface area (Å²) in [6.45, 7) is 3.46. The molecule has 0 unspecified atom stereocenters. The summed E-state index contributed by atoms with van der Waals surface area (Å²) in [6.07, 6.45) is 4.92. The molecule has 1 aromatic heterocycles. The number of hydrogen-bond donors (Lipinski definition) is 1. The number of aromatic amines is 1. The topological polar surface area (TPSA) is 107 Å². The molecule has 0 bridgehead atoms. The van der Waals surface area contributed by atoms with Gasteiger partial charge in [-0.1, -0.05) is 13.0 Å². The van der Waals surface area contributed by atoms with Crippen LogP contribution in [0.15, 0.2) is 12.2 Å². The third-order valence-electron chi connectivity index (χ3n) is 3.23. The van der Waals surface area contributed by atoms with Crippen LogP contribution in [0.2, 0.25) is 0 Å². The van der Waals surface area contributed by atoms with E-state index in [4.69, 9.17) is 9.47 Å². The van der Waals surface area contributed by atoms with E-state index in [0.717, 1.165) is 25.7 Å². The summed E-state index contributed by atoms with van der Waals surface area (Å²) in [7, 11) is 0. The van der Waals surface area contributed by atoms with Crippen LogP contribution >= 0.6 is 0 Å². The maximum Gasteiger partial charge on any atom is 0.334 e. The second kappa shape index (κ2) is 7.51. The Labute approximate surface area is 121 Å². The maximum atomic E-state index is 11.7. The smallest absolute Gasteiger partial charge is 0.334 e. The van der Waals surface area contributed by atoms with Crippen molar-refractivity contribution in [2.24, 2.45) is 0 Å². The minimum atomic E-state index is -0.660. The molecule has 114 valence electrons. The minimum Gasteiger partial charge on any atom is -0.462 e. The predicted octanol–water partition coefficient (Wildman–Crippen LogP) is 1.07. The van der Waals surface area contributed by atoms with E-state index in [1.54, 1.807) is 0 Å². The number of ether oxygens (including phenoxy) is 2. The standard InChI is InChI=1S/C13H18N4O4/c1-9(13(19)20-8-11-14-16-17-15-11)7-12(18)21-10-5-3-2-4-6-10/h10H,1-8H2,(H,14,15,16,17). The van der Waals surface area contributed by atoms with Crippen molar-refractivity contribution in [1.29, 1.82) is 0 Å². The molecule has 1 N–H and O–H groups in total. The molecule has 0 aliphatic heterocycles. The molecule has 0 spiro atoms. The Bertz CT molecular complexity index is 494. The average Bonchev–Trinajstić information content (AvgIpc) is 2.98. The molecule has 1 aliphatic rings. The summed E-state index contributed by atoms with van der Waals surface area (Å²) in [5.74, 6) is -0.780. The first kappa shape index (κ1) is 15.1. The van der Waals surface area contributed by atoms with Gasteiger partial charge in [-0.25, -0.2) is 9.89 Å². The lowest BCUT2D eigenvalue weighted by Crippen LogP contribution is -2.22. The number of aromatic nitrogens is 4. The lowest BCUT2D eigenvalue weighted by atomic mass is 9.98. The monoisotopic (exact) mass is 294 g/mol. The van der Waals surface area contributed by atoms with Crippen LogP contribution in [0.3, 0.4) is 0 Å². The van der Waals surface area contributed by atoms with Gasteiger partial charge in [-0.15, -0.1) is 5.10 Å². The van der Waals surface area contributed by atoms with Gasteiger partial charge in [0.25, 0.3) is 0 Å². The molecule has 21 heavy (non-hydrogen) atoms. The molecule has 1 aliphatic carbocycles. The molecule has 0 saturated heterocycles. The summed E-state index contributed by atoms with van der Waals surface area (Å²) in [5.41, 5.74) is 0.0586. The van der Waals surface area contributed by atoms with Crippen LogP contribution in [-0.2, 0) is 25.7 Å². The normalized spacial score (nSPS) is 15.4. The minimum absolute atomic E-state index is 0.0321. The van der Waals surface area contributed by atoms with Crippen molar-refractivity contribution in [1.82, 2.24) is 20.6 Å². The molecule has 8 nitrogen and oxygen atoms in total. The van der Waals surface area contributed by atoms with Gasteiger partial charge in [0.05, 0.1) is 6.42 Å². The fourth-order valence-corrected chi connectivity index (χ4v) is 2.13. The van der Waals surface area contributed by atoms with Crippen LogP contribution in [0.25, 0.3) is 0 Å². The maximum absolute atomic E-state index is 11.7. The molecule has 1 aromatic rings. The van der Waals surface area contributed by atoms with Gasteiger partial charge in [-0.2, -0.15) is 0 Å². The van der Waals surface area contributed by atoms with Crippen molar-refractivity contribution in [2.45, 2.75) is 51.2 Å². The fraction of sp³-hybridized carbons (Fsp3) is 0.615. The Morgan fingerprint density at radius 3 is 2.71 bits per heavy atom. The number of esters is 2. The van der Waals surface area contributed by atoms with Crippen LogP contribution in [0.5, 0.6) is 0 Å². The average molecular weight is 294 g/mol. The number of carbonyl (C=O) groups excluding carboxylic acids is 2. The van der Waals surface area contributed by atoms with Gasteiger partial charge in [0, 0.05) is 5.57 Å². The van der Waals surface area contributed by atoms with Gasteiger partial charge in [-0.05, 0) is 36.1 Å². The van der Waals surface area contributed by atoms with Gasteiger partial charge in [0.2, 0.25) is 0 Å². The van der Waals surface area contributed by atoms with Crippen LogP contribution in [-0.4, -0.2) is 38.7 Å². The predicted molar refractivity (Wildman–Crippen MR) is 70.7 cm³/mol. The molecule has 1 fully saturated rings. The molecule has 0 radical (unpaired) electrons. The molecular formula is C13H18N4O4. The lowest BCUT2D eigenvalue weighted by molar-refractivity contribution is -0.151. The van der Waals surface area contributed by atoms with E-state index < -0.39 is 11.9 Å². The van der Waals surface area contributed by atoms with Crippen LogP contribution in [0, 0.1) is 0 Å². The molecule has 1 saturated carbocycles. The highest BCUT2D eigenvalue weighted by molar-refractivity contribution is 5.93. The van der Waals surface area contributed by atoms with Crippen molar-refractivity contribution in [3.05, 3.63) is 18.0 Å². The first-order chi connectivity index (χ1) is 10.1. The summed E-state index contributed by atoms with van der Waals surface area (Å²) in [5, 5.41) is 12.7. The van der Waals surface area contributed by atoms with E-state index in [0.29, 0.717) is 5.82 Å². The van der Waals surface area contributed by atoms with Crippen LogP contribution in [0.4, 0.5) is 0 Å². The molecule has 2 rings (SSSR count). The summed E-state index contributed by atoms with van der Waals surface area (Å²) in [4.78, 5) is 23.4. The first-order valence-electron chi connectivity index (χ1n) is 6.92. The summed E-state index contributed by atoms with van der Waals surface area (Å²) < 4.78 is 10.2. The molecule has 0 atom stereocenters. The Balaban J connectivity index is 1.69. The van der Waals surface area contributed by atoms with E-state index in [2.05, 4.69) is 27.2 Å². The van der Waals surface area contributed by atoms with E-state index in [-0.39, 0.29) is 24.7 Å². The molecular weight excluding hydrogens is 276 g/mol. The van der Waals surface area contributed by atoms with Crippen LogP contribution in [0.1, 0.15) is 44.3 Å². The van der Waals surface area contributed by atoms with Crippen molar-refractivity contribution >= 4 is 11.9 Å². The zero-order valence-electron chi connectivity index (χ0n) is 11.7. The largest absolute Gasteiger partial charge is 0.462 e. The van der Waals surface area contributed by atoms with Crippen molar-refractivity contribution in [2.75, 3.05) is 0 Å². The van der Waals surface area contributed by atoms with E-state index in [9.17, 15) is 9.59 Å². The highest BCUT2D eigenvalue weighted by Crippen LogP contribution is 2.21. The third kappa shape index (κ3) is 4.97. The highest BCUT2D eigenvalue weighted by atomic mass is 16.5. The van der Waals surface area contributed by atoms with Crippen molar-refractivity contribution in [3.8, 4) is 0 Å². The van der Waals surface area contributed by atoms with Crippen LogP contribution < -0.4 is 0 Å². The highest BCUT2D eigenvalue weighted by Gasteiger charge is 2.20. The number of rotatable bonds is 6. The van der Waals surface area contributed by atoms with E-state index in [1.165, 1.54) is 6.42 Å². The van der Waals surface area contributed by atoms with Gasteiger partial charge in [-0.3, -0.25) is 4.79 Å². The molecule has 1 heterocycles. The number of tetrazole rings is 1. The Morgan fingerprint density at radius 2 is 2.05 bits per heavy atom. The van der Waals surface area contributed by atoms with Gasteiger partial charge in [0.1, 0.15) is 6.10 Å². The zero-order chi connectivity index (χ0) is 15.1. The lowest BCUT2D eigenvalue weighted by Gasteiger charge is -2.21. The third-order valence-corrected chi connectivity index (χ3v) is 3.23. The second-order valence-corrected chi connectivity index (χ2v) is 4.95. The zero-order valence-corrected chi connectivity index (χ0v) is 11.7. The Kier molecular flexibility index (Phi) is 5.42. The van der Waals surface area contributed by atoms with Crippen molar-refractivity contribution < 1.29 is 19.1 Å². The number of carbonyl (C=O) groups is 2. The second-order valence-electron chi connectivity index (χ2n) is 4.95. The molecule has 0 aromatic carbocycles. The van der Waals surface area contributed by atoms with Gasteiger partial charge < -0.3 is 9.47 Å². The number of hydrogen-bond acceptors (Lipinski definition) is 7. The fourth-order valence-electron chi connectivity index (χ4n) is 2.13. The van der Waals surface area contributed by atoms with E-state index >= 15 is 0 Å². The Morgan fingerprint density at radius 1 is 1.29 bits per heavy atom. The van der Waals surface area contributed by atoms with Crippen molar-refractivity contribution in [3.63, 3.8) is 0 Å². The van der Waals surface area contributed by atoms with E-state index in [1.807, 2.05) is 0 Å². The van der Waals surface area contributed by atoms with Gasteiger partial charge in [0.15, 0.2) is 12.4 Å². The number of H-pyrrole nitrogens is 1. The summed E-state index contributed by atoms with van der Waals surface area (Å²) >= 11 is 0. The SMILES string of the molecule is C=C(CC(=O)OC1CCCCC1)C(=O)OCc1nnn[nH]1.